The number of ether oxygens (including phenoxy) is 2. The highest BCUT2D eigenvalue weighted by Crippen LogP contribution is 2.30. The summed E-state index contributed by atoms with van der Waals surface area (Å²) in [7, 11) is 6.89. The molecule has 0 radical (unpaired) electrons. The number of benzene rings is 2. The van der Waals surface area contributed by atoms with Gasteiger partial charge < -0.3 is 18.9 Å². The number of carbonyl (C=O) groups is 2. The van der Waals surface area contributed by atoms with Gasteiger partial charge in [-0.1, -0.05) is 18.9 Å². The lowest BCUT2D eigenvalue weighted by Crippen LogP contribution is -2.35. The van der Waals surface area contributed by atoms with Gasteiger partial charge >= 0.3 is 5.97 Å². The third kappa shape index (κ3) is 4.09. The molecule has 6 heteroatoms. The van der Waals surface area contributed by atoms with Gasteiger partial charge in [0.05, 0.1) is 19.8 Å². The van der Waals surface area contributed by atoms with E-state index in [0.717, 1.165) is 34.9 Å². The lowest BCUT2D eigenvalue weighted by Gasteiger charge is -2.24. The molecule has 0 spiro atoms. The lowest BCUT2D eigenvalue weighted by molar-refractivity contribution is 0.0600. The van der Waals surface area contributed by atoms with Crippen LogP contribution in [0.3, 0.4) is 0 Å². The van der Waals surface area contributed by atoms with E-state index in [1.165, 1.54) is 20.0 Å². The smallest absolute Gasteiger partial charge is 0.337 e. The number of aryl methyl sites for hydroxylation is 1. The summed E-state index contributed by atoms with van der Waals surface area (Å²) < 4.78 is 12.4. The average Bonchev–Trinajstić information content (AvgIpc) is 3.46. The van der Waals surface area contributed by atoms with Crippen molar-refractivity contribution in [3.63, 3.8) is 0 Å². The van der Waals surface area contributed by atoms with Crippen molar-refractivity contribution in [2.24, 2.45) is 7.05 Å². The molecule has 1 fully saturated rings. The number of methoxy groups -OCH3 is 2. The molecule has 0 atom stereocenters. The molecule has 1 aliphatic rings. The Morgan fingerprint density at radius 1 is 1.03 bits per heavy atom. The highest BCUT2D eigenvalue weighted by Gasteiger charge is 2.24. The van der Waals surface area contributed by atoms with E-state index in [4.69, 9.17) is 9.47 Å². The maximum Gasteiger partial charge on any atom is 0.337 e. The molecule has 2 aromatic carbocycles. The number of hydrogen-bond acceptors (Lipinski definition) is 4. The van der Waals surface area contributed by atoms with Crippen molar-refractivity contribution in [3.8, 4) is 5.75 Å². The first-order valence-electron chi connectivity index (χ1n) is 11.0. The summed E-state index contributed by atoms with van der Waals surface area (Å²) in [5.41, 5.74) is 4.31. The molecule has 1 saturated carbocycles. The Hall–Kier alpha value is -3.28. The number of aromatic nitrogens is 1. The van der Waals surface area contributed by atoms with Crippen LogP contribution in [0.2, 0.25) is 0 Å². The van der Waals surface area contributed by atoms with Crippen LogP contribution < -0.4 is 4.74 Å². The summed E-state index contributed by atoms with van der Waals surface area (Å²) in [5, 5.41) is 1.05. The fraction of sp³-hybridized carbons (Fsp3) is 0.385. The predicted octanol–water partition coefficient (Wildman–Crippen LogP) is 4.58. The number of hydrogen-bond donors (Lipinski definition) is 0. The third-order valence-corrected chi connectivity index (χ3v) is 6.60. The summed E-state index contributed by atoms with van der Waals surface area (Å²) >= 11 is 0. The van der Waals surface area contributed by atoms with E-state index in [1.807, 2.05) is 43.3 Å². The molecular formula is C26H30N2O4. The van der Waals surface area contributed by atoms with E-state index >= 15 is 0 Å². The van der Waals surface area contributed by atoms with Crippen molar-refractivity contribution in [2.75, 3.05) is 21.3 Å². The molecule has 32 heavy (non-hydrogen) atoms. The molecule has 1 aromatic heterocycles. The van der Waals surface area contributed by atoms with Crippen LogP contribution in [0.4, 0.5) is 0 Å². The minimum Gasteiger partial charge on any atom is -0.496 e. The zero-order valence-electron chi connectivity index (χ0n) is 19.2. The Labute approximate surface area is 188 Å². The molecule has 3 aromatic rings. The number of fused-ring (bicyclic) bond motifs is 1. The highest BCUT2D eigenvalue weighted by molar-refractivity contribution is 5.99. The lowest BCUT2D eigenvalue weighted by atomic mass is 10.0. The molecule has 4 rings (SSSR count). The maximum atomic E-state index is 13.1. The SMILES string of the molecule is COC(=O)c1ccc(Cc2cn(C)c3ccc(C(=O)N(C)C4CCCC4)cc23)c(OC)c1. The fourth-order valence-corrected chi connectivity index (χ4v) is 4.75. The molecule has 168 valence electrons. The number of esters is 1. The second kappa shape index (κ2) is 9.07. The van der Waals surface area contributed by atoms with Crippen molar-refractivity contribution in [1.82, 2.24) is 9.47 Å². The van der Waals surface area contributed by atoms with Crippen LogP contribution in [0.1, 0.15) is 57.5 Å². The summed E-state index contributed by atoms with van der Waals surface area (Å²) in [5.74, 6) is 0.321. The Kier molecular flexibility index (Phi) is 6.21. The average molecular weight is 435 g/mol. The molecule has 6 nitrogen and oxygen atoms in total. The molecule has 1 amide bonds. The zero-order chi connectivity index (χ0) is 22.8. The van der Waals surface area contributed by atoms with Gasteiger partial charge in [-0.2, -0.15) is 0 Å². The predicted molar refractivity (Wildman–Crippen MR) is 124 cm³/mol. The van der Waals surface area contributed by atoms with Crippen molar-refractivity contribution in [2.45, 2.75) is 38.1 Å². The summed E-state index contributed by atoms with van der Waals surface area (Å²) in [6.45, 7) is 0. The highest BCUT2D eigenvalue weighted by atomic mass is 16.5. The van der Waals surface area contributed by atoms with Crippen LogP contribution in [0, 0.1) is 0 Å². The van der Waals surface area contributed by atoms with Crippen LogP contribution in [-0.4, -0.2) is 48.7 Å². The topological polar surface area (TPSA) is 60.8 Å². The minimum absolute atomic E-state index is 0.0774. The van der Waals surface area contributed by atoms with Gasteiger partial charge in [0.15, 0.2) is 0 Å². The largest absolute Gasteiger partial charge is 0.496 e. The van der Waals surface area contributed by atoms with Gasteiger partial charge in [-0.25, -0.2) is 4.79 Å². The van der Waals surface area contributed by atoms with Crippen molar-refractivity contribution in [1.29, 1.82) is 0 Å². The molecule has 0 aliphatic heterocycles. The summed E-state index contributed by atoms with van der Waals surface area (Å²) in [6.07, 6.45) is 7.28. The zero-order valence-corrected chi connectivity index (χ0v) is 19.2. The number of carbonyl (C=O) groups excluding carboxylic acids is 2. The van der Waals surface area contributed by atoms with E-state index in [-0.39, 0.29) is 5.91 Å². The molecule has 0 saturated heterocycles. The third-order valence-electron chi connectivity index (χ3n) is 6.60. The molecule has 0 unspecified atom stereocenters. The summed E-state index contributed by atoms with van der Waals surface area (Å²) in [6, 6.07) is 11.6. The fourth-order valence-electron chi connectivity index (χ4n) is 4.75. The first-order valence-corrected chi connectivity index (χ1v) is 11.0. The number of amides is 1. The van der Waals surface area contributed by atoms with Crippen LogP contribution in [0.5, 0.6) is 5.75 Å². The van der Waals surface area contributed by atoms with Gasteiger partial charge in [0, 0.05) is 49.2 Å². The normalized spacial score (nSPS) is 14.0. The van der Waals surface area contributed by atoms with E-state index in [9.17, 15) is 9.59 Å². The van der Waals surface area contributed by atoms with E-state index in [0.29, 0.717) is 29.3 Å². The van der Waals surface area contributed by atoms with E-state index in [1.54, 1.807) is 19.2 Å². The Balaban J connectivity index is 1.67. The summed E-state index contributed by atoms with van der Waals surface area (Å²) in [4.78, 5) is 26.9. The Morgan fingerprint density at radius 2 is 1.75 bits per heavy atom. The second-order valence-electron chi connectivity index (χ2n) is 8.55. The standard InChI is InChI=1S/C26H30N2O4/c1-27-16-20(13-17-9-10-19(26(30)32-4)15-24(17)31-3)22-14-18(11-12-23(22)27)25(29)28(2)21-7-5-6-8-21/h9-12,14-16,21H,5-8,13H2,1-4H3. The number of rotatable bonds is 6. The first kappa shape index (κ1) is 21.9. The van der Waals surface area contributed by atoms with Gasteiger partial charge in [0.2, 0.25) is 0 Å². The molecule has 1 heterocycles. The minimum atomic E-state index is -0.394. The van der Waals surface area contributed by atoms with E-state index < -0.39 is 5.97 Å². The van der Waals surface area contributed by atoms with Crippen molar-refractivity contribution >= 4 is 22.8 Å². The Bertz CT molecular complexity index is 1160. The van der Waals surface area contributed by atoms with Crippen LogP contribution in [0.25, 0.3) is 10.9 Å². The second-order valence-corrected chi connectivity index (χ2v) is 8.55. The van der Waals surface area contributed by atoms with Crippen LogP contribution in [-0.2, 0) is 18.2 Å². The van der Waals surface area contributed by atoms with E-state index in [2.05, 4.69) is 10.8 Å². The van der Waals surface area contributed by atoms with Crippen LogP contribution >= 0.6 is 0 Å². The van der Waals surface area contributed by atoms with Gasteiger partial charge in [0.1, 0.15) is 5.75 Å². The van der Waals surface area contributed by atoms with Gasteiger partial charge in [-0.15, -0.1) is 0 Å². The molecule has 0 N–H and O–H groups in total. The molecule has 0 bridgehead atoms. The van der Waals surface area contributed by atoms with Gasteiger partial charge in [0.25, 0.3) is 5.91 Å². The molecular weight excluding hydrogens is 404 g/mol. The van der Waals surface area contributed by atoms with Crippen molar-refractivity contribution in [3.05, 3.63) is 64.8 Å². The quantitative estimate of drug-likeness (QED) is 0.533. The monoisotopic (exact) mass is 434 g/mol. The first-order chi connectivity index (χ1) is 15.4. The van der Waals surface area contributed by atoms with Crippen molar-refractivity contribution < 1.29 is 19.1 Å². The Morgan fingerprint density at radius 3 is 2.44 bits per heavy atom. The molecule has 1 aliphatic carbocycles. The maximum absolute atomic E-state index is 13.1. The van der Waals surface area contributed by atoms with Gasteiger partial charge in [-0.3, -0.25) is 4.79 Å². The van der Waals surface area contributed by atoms with Gasteiger partial charge in [-0.05, 0) is 54.3 Å². The van der Waals surface area contributed by atoms with Crippen LogP contribution in [0.15, 0.2) is 42.6 Å². The number of nitrogens with zero attached hydrogens (tertiary/aromatic N) is 2.